The highest BCUT2D eigenvalue weighted by Gasteiger charge is 2.18. The van der Waals surface area contributed by atoms with Crippen molar-refractivity contribution in [3.05, 3.63) is 77.8 Å². The number of piperidine rings is 1. The number of nitrogens with zero attached hydrogens (tertiary/aromatic N) is 3. The van der Waals surface area contributed by atoms with Gasteiger partial charge in [-0.2, -0.15) is 5.10 Å². The van der Waals surface area contributed by atoms with Crippen LogP contribution in [0.5, 0.6) is 5.88 Å². The zero-order chi connectivity index (χ0) is 22.8. The Morgan fingerprint density at radius 3 is 2.84 bits per heavy atom. The van der Waals surface area contributed by atoms with E-state index in [0.717, 1.165) is 37.1 Å². The Kier molecular flexibility index (Phi) is 8.59. The molecule has 0 radical (unpaired) electrons. The molecule has 3 rings (SSSR count). The predicted octanol–water partition coefficient (Wildman–Crippen LogP) is 4.13. The molecule has 3 heterocycles. The number of likely N-dealkylation sites (tertiary alicyclic amines) is 1. The van der Waals surface area contributed by atoms with Crippen LogP contribution in [0, 0.1) is 11.8 Å². The van der Waals surface area contributed by atoms with E-state index in [1.54, 1.807) is 18.5 Å². The Balaban J connectivity index is 1.55. The number of aryl methyl sites for hydroxylation is 1. The lowest BCUT2D eigenvalue weighted by atomic mass is 10.1. The lowest BCUT2D eigenvalue weighted by Gasteiger charge is -2.28. The van der Waals surface area contributed by atoms with Gasteiger partial charge in [-0.15, -0.1) is 0 Å². The van der Waals surface area contributed by atoms with Gasteiger partial charge in [0, 0.05) is 37.3 Å². The largest absolute Gasteiger partial charge is 0.474 e. The van der Waals surface area contributed by atoms with Gasteiger partial charge in [0.2, 0.25) is 5.88 Å². The molecule has 6 heteroatoms. The molecule has 6 nitrogen and oxygen atoms in total. The minimum Gasteiger partial charge on any atom is -0.474 e. The fourth-order valence-corrected chi connectivity index (χ4v) is 3.40. The van der Waals surface area contributed by atoms with Crippen LogP contribution in [0.3, 0.4) is 0 Å². The monoisotopic (exact) mass is 430 g/mol. The molecular weight excluding hydrogens is 400 g/mol. The molecule has 32 heavy (non-hydrogen) atoms. The van der Waals surface area contributed by atoms with Gasteiger partial charge >= 0.3 is 0 Å². The molecule has 1 aliphatic heterocycles. The molecule has 1 saturated heterocycles. The summed E-state index contributed by atoms with van der Waals surface area (Å²) in [6, 6.07) is 3.86. The highest BCUT2D eigenvalue weighted by atomic mass is 16.5. The topological polar surface area (TPSA) is 71.1 Å². The summed E-state index contributed by atoms with van der Waals surface area (Å²) >= 11 is 0. The molecule has 0 atom stereocenters. The second-order valence-corrected chi connectivity index (χ2v) is 7.80. The Labute approximate surface area is 190 Å². The number of allylic oxidation sites excluding steroid dienone is 5. The van der Waals surface area contributed by atoms with Crippen molar-refractivity contribution in [2.45, 2.75) is 38.7 Å². The number of carbonyl (C=O) groups excluding carboxylic acids is 1. The fraction of sp³-hybridized carbons (Fsp3) is 0.346. The van der Waals surface area contributed by atoms with Crippen molar-refractivity contribution in [2.75, 3.05) is 20.1 Å². The van der Waals surface area contributed by atoms with Crippen molar-refractivity contribution in [3.63, 3.8) is 0 Å². The normalized spacial score (nSPS) is 15.4. The first-order chi connectivity index (χ1) is 15.6. The number of hydrogen-bond donors (Lipinski definition) is 1. The zero-order valence-corrected chi connectivity index (χ0v) is 18.8. The molecule has 0 unspecified atom stereocenters. The van der Waals surface area contributed by atoms with E-state index in [4.69, 9.17) is 4.74 Å². The van der Waals surface area contributed by atoms with E-state index in [-0.39, 0.29) is 11.9 Å². The molecule has 0 saturated carbocycles. The fourth-order valence-electron chi connectivity index (χ4n) is 3.40. The maximum Gasteiger partial charge on any atom is 0.213 e. The maximum atomic E-state index is 12.7. The number of aromatic amines is 1. The van der Waals surface area contributed by atoms with Crippen LogP contribution in [-0.4, -0.2) is 52.1 Å². The van der Waals surface area contributed by atoms with Crippen molar-refractivity contribution in [1.82, 2.24) is 20.1 Å². The van der Waals surface area contributed by atoms with Gasteiger partial charge in [-0.05, 0) is 44.9 Å². The third-order valence-electron chi connectivity index (χ3n) is 5.37. The van der Waals surface area contributed by atoms with Crippen LogP contribution in [0.25, 0.3) is 0 Å². The average molecular weight is 431 g/mol. The van der Waals surface area contributed by atoms with Crippen LogP contribution >= 0.6 is 0 Å². The third-order valence-corrected chi connectivity index (χ3v) is 5.37. The quantitative estimate of drug-likeness (QED) is 0.387. The second-order valence-electron chi connectivity index (χ2n) is 7.80. The first-order valence-corrected chi connectivity index (χ1v) is 10.9. The second kappa shape index (κ2) is 11.8. The Morgan fingerprint density at radius 2 is 2.16 bits per heavy atom. The number of carbonyl (C=O) groups is 1. The number of H-pyrrole nitrogens is 1. The number of Topliss-reactive ketones (excluding diaryl/α,β-unsaturated/α-hetero) is 1. The predicted molar refractivity (Wildman–Crippen MR) is 127 cm³/mol. The summed E-state index contributed by atoms with van der Waals surface area (Å²) in [7, 11) is 2.13. The summed E-state index contributed by atoms with van der Waals surface area (Å²) in [5, 5.41) is 6.79. The first-order valence-electron chi connectivity index (χ1n) is 10.9. The molecule has 2 aromatic rings. The van der Waals surface area contributed by atoms with Gasteiger partial charge in [-0.1, -0.05) is 42.7 Å². The molecule has 2 aromatic heterocycles. The molecule has 0 amide bonds. The average Bonchev–Trinajstić information content (AvgIpc) is 3.29. The van der Waals surface area contributed by atoms with Crippen molar-refractivity contribution < 1.29 is 9.53 Å². The smallest absolute Gasteiger partial charge is 0.213 e. The van der Waals surface area contributed by atoms with E-state index in [2.05, 4.69) is 45.5 Å². The van der Waals surface area contributed by atoms with Crippen LogP contribution in [0.4, 0.5) is 0 Å². The molecule has 0 aliphatic carbocycles. The highest BCUT2D eigenvalue weighted by Crippen LogP contribution is 2.17. The molecule has 0 aromatic carbocycles. The number of ketones is 1. The van der Waals surface area contributed by atoms with Crippen LogP contribution in [0.1, 0.15) is 47.8 Å². The standard InChI is InChI=1S/C26H30N4O2/c1-4-6-7-20(5-2)8-11-22-19-28-29-26(22)24(31)12-9-21-10-13-25(27-18-21)32-23-14-16-30(3)17-15-23/h4-7,10,13,18-19,23H,1,9,12,14-17H2,2-3H3,(H,28,29)/b7-6-,20-5+. The first kappa shape index (κ1) is 23.2. The minimum atomic E-state index is -0.0258. The van der Waals surface area contributed by atoms with Crippen molar-refractivity contribution in [1.29, 1.82) is 0 Å². The van der Waals surface area contributed by atoms with E-state index >= 15 is 0 Å². The van der Waals surface area contributed by atoms with Crippen LogP contribution in [-0.2, 0) is 6.42 Å². The number of hydrogen-bond acceptors (Lipinski definition) is 5. The third kappa shape index (κ3) is 6.79. The number of pyridine rings is 1. The molecule has 0 bridgehead atoms. The van der Waals surface area contributed by atoms with E-state index in [1.807, 2.05) is 37.3 Å². The minimum absolute atomic E-state index is 0.0258. The van der Waals surface area contributed by atoms with Gasteiger partial charge in [0.1, 0.15) is 11.8 Å². The van der Waals surface area contributed by atoms with E-state index in [1.165, 1.54) is 0 Å². The molecule has 1 N–H and O–H groups in total. The summed E-state index contributed by atoms with van der Waals surface area (Å²) in [6.45, 7) is 7.67. The van der Waals surface area contributed by atoms with Gasteiger partial charge in [-0.25, -0.2) is 4.98 Å². The number of ether oxygens (including phenoxy) is 1. The lowest BCUT2D eigenvalue weighted by molar-refractivity contribution is 0.0978. The van der Waals surface area contributed by atoms with Crippen molar-refractivity contribution in [3.8, 4) is 17.7 Å². The Bertz CT molecular complexity index is 1030. The number of aromatic nitrogens is 3. The van der Waals surface area contributed by atoms with Crippen molar-refractivity contribution in [2.24, 2.45) is 0 Å². The Morgan fingerprint density at radius 1 is 1.34 bits per heavy atom. The summed E-state index contributed by atoms with van der Waals surface area (Å²) in [5.41, 5.74) is 2.88. The van der Waals surface area contributed by atoms with E-state index < -0.39 is 0 Å². The van der Waals surface area contributed by atoms with Gasteiger partial charge < -0.3 is 9.64 Å². The van der Waals surface area contributed by atoms with Gasteiger partial charge in [-0.3, -0.25) is 9.89 Å². The summed E-state index contributed by atoms with van der Waals surface area (Å²) < 4.78 is 5.99. The molecular formula is C26H30N4O2. The number of nitrogens with one attached hydrogen (secondary N) is 1. The molecule has 1 fully saturated rings. The highest BCUT2D eigenvalue weighted by molar-refractivity contribution is 5.96. The van der Waals surface area contributed by atoms with Crippen molar-refractivity contribution >= 4 is 5.78 Å². The maximum absolute atomic E-state index is 12.7. The lowest BCUT2D eigenvalue weighted by Crippen LogP contribution is -2.35. The SMILES string of the molecule is C=C/C=C\C(C#Cc1cn[nH]c1C(=O)CCc1ccc(OC2CCN(C)CC2)nc1)=C/C. The van der Waals surface area contributed by atoms with E-state index in [9.17, 15) is 4.79 Å². The van der Waals surface area contributed by atoms with Crippen LogP contribution < -0.4 is 4.74 Å². The summed E-state index contributed by atoms with van der Waals surface area (Å²) in [4.78, 5) is 19.4. The van der Waals surface area contributed by atoms with Crippen LogP contribution in [0.15, 0.2) is 61.0 Å². The van der Waals surface area contributed by atoms with Gasteiger partial charge in [0.25, 0.3) is 0 Å². The van der Waals surface area contributed by atoms with Gasteiger partial charge in [0.15, 0.2) is 5.78 Å². The van der Waals surface area contributed by atoms with E-state index in [0.29, 0.717) is 30.0 Å². The molecule has 166 valence electrons. The summed E-state index contributed by atoms with van der Waals surface area (Å²) in [5.74, 6) is 6.71. The van der Waals surface area contributed by atoms with Crippen LogP contribution in [0.2, 0.25) is 0 Å². The molecule has 0 spiro atoms. The zero-order valence-electron chi connectivity index (χ0n) is 18.8. The molecule has 1 aliphatic rings. The number of rotatable bonds is 8. The summed E-state index contributed by atoms with van der Waals surface area (Å²) in [6.07, 6.45) is 13.9. The van der Waals surface area contributed by atoms with Gasteiger partial charge in [0.05, 0.1) is 11.8 Å². The Hall–Kier alpha value is -3.43.